The number of unbranched alkanes of at least 4 members (excludes halogenated alkanes) is 3. The van der Waals surface area contributed by atoms with Crippen molar-refractivity contribution in [2.45, 2.75) is 66.2 Å². The second kappa shape index (κ2) is 8.32. The van der Waals surface area contributed by atoms with Gasteiger partial charge in [-0.2, -0.15) is 0 Å². The van der Waals surface area contributed by atoms with Gasteiger partial charge in [0.25, 0.3) is 0 Å². The summed E-state index contributed by atoms with van der Waals surface area (Å²) < 4.78 is 0. The Labute approximate surface area is 91.5 Å². The van der Waals surface area contributed by atoms with E-state index in [0.717, 1.165) is 24.2 Å². The molecule has 0 saturated heterocycles. The van der Waals surface area contributed by atoms with Crippen LogP contribution in [0.2, 0.25) is 0 Å². The smallest absolute Gasteiger partial charge is 0.0391 e. The van der Waals surface area contributed by atoms with Gasteiger partial charge in [0, 0.05) is 0 Å². The van der Waals surface area contributed by atoms with Crippen LogP contribution in [0.5, 0.6) is 0 Å². The quantitative estimate of drug-likeness (QED) is 0.475. The number of hydrogen-bond donors (Lipinski definition) is 0. The highest BCUT2D eigenvalue weighted by atomic mass is 14.2. The van der Waals surface area contributed by atoms with Crippen molar-refractivity contribution in [3.05, 3.63) is 6.92 Å². The van der Waals surface area contributed by atoms with Crippen LogP contribution in [0.15, 0.2) is 0 Å². The van der Waals surface area contributed by atoms with E-state index >= 15 is 0 Å². The van der Waals surface area contributed by atoms with Gasteiger partial charge in [0.15, 0.2) is 0 Å². The van der Waals surface area contributed by atoms with Crippen LogP contribution < -0.4 is 0 Å². The highest BCUT2D eigenvalue weighted by molar-refractivity contribution is 4.69. The van der Waals surface area contributed by atoms with Crippen LogP contribution in [0.1, 0.15) is 66.2 Å². The molecule has 3 atom stereocenters. The van der Waals surface area contributed by atoms with Crippen molar-refractivity contribution in [2.24, 2.45) is 17.8 Å². The van der Waals surface area contributed by atoms with E-state index in [1.807, 2.05) is 0 Å². The van der Waals surface area contributed by atoms with Crippen LogP contribution in [0.4, 0.5) is 0 Å². The number of hydrogen-bond acceptors (Lipinski definition) is 0. The second-order valence-electron chi connectivity index (χ2n) is 4.95. The molecule has 0 aliphatic heterocycles. The molecule has 0 amide bonds. The average Bonchev–Trinajstić information content (AvgIpc) is 2.21. The molecule has 0 aliphatic rings. The van der Waals surface area contributed by atoms with E-state index in [-0.39, 0.29) is 0 Å². The summed E-state index contributed by atoms with van der Waals surface area (Å²) in [6.07, 6.45) is 8.09. The molecule has 0 N–H and O–H groups in total. The highest BCUT2D eigenvalue weighted by Crippen LogP contribution is 2.26. The van der Waals surface area contributed by atoms with Crippen LogP contribution in [-0.4, -0.2) is 0 Å². The molecule has 0 aromatic rings. The summed E-state index contributed by atoms with van der Waals surface area (Å²) >= 11 is 0. The van der Waals surface area contributed by atoms with E-state index in [1.54, 1.807) is 0 Å². The highest BCUT2D eigenvalue weighted by Gasteiger charge is 2.16. The molecule has 0 saturated carbocycles. The van der Waals surface area contributed by atoms with Crippen molar-refractivity contribution in [3.8, 4) is 0 Å². The number of rotatable bonds is 8. The van der Waals surface area contributed by atoms with Crippen molar-refractivity contribution < 1.29 is 0 Å². The minimum atomic E-state index is 0.788. The van der Waals surface area contributed by atoms with Crippen LogP contribution >= 0.6 is 0 Å². The maximum absolute atomic E-state index is 4.00. The summed E-state index contributed by atoms with van der Waals surface area (Å²) in [5.41, 5.74) is 0. The molecule has 0 rings (SSSR count). The summed E-state index contributed by atoms with van der Waals surface area (Å²) in [7, 11) is 0. The minimum Gasteiger partial charge on any atom is -0.0654 e. The molecule has 0 bridgehead atoms. The Kier molecular flexibility index (Phi) is 8.32. The first-order valence-electron chi connectivity index (χ1n) is 6.42. The summed E-state index contributed by atoms with van der Waals surface area (Å²) in [5, 5.41) is 0. The van der Waals surface area contributed by atoms with Gasteiger partial charge in [-0.05, 0) is 17.8 Å². The normalized spacial score (nSPS) is 17.8. The summed E-state index contributed by atoms with van der Waals surface area (Å²) in [5.74, 6) is 2.51. The SMILES string of the molecule is [CH2]CC(C)C(C)C(C)CCCCCC. The first kappa shape index (κ1) is 14.0. The molecule has 0 heterocycles. The van der Waals surface area contributed by atoms with E-state index in [9.17, 15) is 0 Å². The first-order valence-corrected chi connectivity index (χ1v) is 6.42. The third-order valence-corrected chi connectivity index (χ3v) is 3.76. The Bertz CT molecular complexity index is 117. The fourth-order valence-corrected chi connectivity index (χ4v) is 1.98. The fourth-order valence-electron chi connectivity index (χ4n) is 1.98. The minimum absolute atomic E-state index is 0.788. The zero-order valence-corrected chi connectivity index (χ0v) is 10.7. The van der Waals surface area contributed by atoms with E-state index in [4.69, 9.17) is 0 Å². The summed E-state index contributed by atoms with van der Waals surface area (Å²) in [6, 6.07) is 0. The van der Waals surface area contributed by atoms with Crippen LogP contribution in [-0.2, 0) is 0 Å². The van der Waals surface area contributed by atoms with Crippen molar-refractivity contribution in [2.75, 3.05) is 0 Å². The van der Waals surface area contributed by atoms with Crippen molar-refractivity contribution in [1.82, 2.24) is 0 Å². The standard InChI is InChI=1S/C14H29/c1-6-8-9-10-11-13(4)14(5)12(3)7-2/h12-14H,2,6-11H2,1,3-5H3. The zero-order chi connectivity index (χ0) is 11.0. The molecule has 3 unspecified atom stereocenters. The monoisotopic (exact) mass is 197 g/mol. The third kappa shape index (κ3) is 5.67. The van der Waals surface area contributed by atoms with E-state index in [1.165, 1.54) is 32.1 Å². The van der Waals surface area contributed by atoms with Gasteiger partial charge < -0.3 is 0 Å². The fraction of sp³-hybridized carbons (Fsp3) is 0.929. The van der Waals surface area contributed by atoms with E-state index in [0.29, 0.717) is 0 Å². The molecule has 0 aromatic carbocycles. The molecule has 0 aromatic heterocycles. The van der Waals surface area contributed by atoms with Gasteiger partial charge >= 0.3 is 0 Å². The molecule has 0 heteroatoms. The topological polar surface area (TPSA) is 0 Å². The summed E-state index contributed by atoms with van der Waals surface area (Å²) in [6.45, 7) is 13.4. The lowest BCUT2D eigenvalue weighted by atomic mass is 9.81. The first-order chi connectivity index (χ1) is 6.63. The lowest BCUT2D eigenvalue weighted by molar-refractivity contribution is 0.261. The largest absolute Gasteiger partial charge is 0.0654 e. The van der Waals surface area contributed by atoms with Gasteiger partial charge in [-0.3, -0.25) is 0 Å². The molecule has 0 nitrogen and oxygen atoms in total. The molecule has 0 spiro atoms. The Morgan fingerprint density at radius 2 is 1.57 bits per heavy atom. The van der Waals surface area contributed by atoms with E-state index < -0.39 is 0 Å². The average molecular weight is 197 g/mol. The van der Waals surface area contributed by atoms with Crippen LogP contribution in [0.3, 0.4) is 0 Å². The van der Waals surface area contributed by atoms with E-state index in [2.05, 4.69) is 34.6 Å². The Morgan fingerprint density at radius 1 is 0.929 bits per heavy atom. The Morgan fingerprint density at radius 3 is 2.07 bits per heavy atom. The van der Waals surface area contributed by atoms with Gasteiger partial charge in [-0.1, -0.05) is 73.1 Å². The Balaban J connectivity index is 3.56. The molecule has 0 fully saturated rings. The second-order valence-corrected chi connectivity index (χ2v) is 4.95. The molecular weight excluding hydrogens is 168 g/mol. The summed E-state index contributed by atoms with van der Waals surface area (Å²) in [4.78, 5) is 0. The third-order valence-electron chi connectivity index (χ3n) is 3.76. The molecule has 14 heavy (non-hydrogen) atoms. The van der Waals surface area contributed by atoms with Gasteiger partial charge in [0.2, 0.25) is 0 Å². The van der Waals surface area contributed by atoms with Crippen molar-refractivity contribution in [3.63, 3.8) is 0 Å². The lowest BCUT2D eigenvalue weighted by Gasteiger charge is -2.25. The molecular formula is C14H29. The van der Waals surface area contributed by atoms with Crippen LogP contribution in [0, 0.1) is 24.7 Å². The lowest BCUT2D eigenvalue weighted by Crippen LogP contribution is -2.16. The van der Waals surface area contributed by atoms with Gasteiger partial charge in [-0.15, -0.1) is 0 Å². The molecule has 0 aliphatic carbocycles. The van der Waals surface area contributed by atoms with Crippen LogP contribution in [0.25, 0.3) is 0 Å². The molecule has 85 valence electrons. The predicted octanol–water partition coefficient (Wildman–Crippen LogP) is 5.09. The van der Waals surface area contributed by atoms with Gasteiger partial charge in [-0.25, -0.2) is 0 Å². The maximum Gasteiger partial charge on any atom is -0.0391 e. The van der Waals surface area contributed by atoms with Gasteiger partial charge in [0.1, 0.15) is 0 Å². The molecule has 1 radical (unpaired) electrons. The maximum atomic E-state index is 4.00. The zero-order valence-electron chi connectivity index (χ0n) is 10.7. The van der Waals surface area contributed by atoms with Crippen molar-refractivity contribution in [1.29, 1.82) is 0 Å². The van der Waals surface area contributed by atoms with Gasteiger partial charge in [0.05, 0.1) is 0 Å². The Hall–Kier alpha value is 0. The predicted molar refractivity (Wildman–Crippen MR) is 66.2 cm³/mol. The van der Waals surface area contributed by atoms with Crippen molar-refractivity contribution >= 4 is 0 Å².